The van der Waals surface area contributed by atoms with Crippen molar-refractivity contribution in [2.24, 2.45) is 0 Å². The molecule has 176 valence electrons. The highest BCUT2D eigenvalue weighted by atomic mass is 19.1. The molecule has 4 rings (SSSR count). The number of nitrogens with one attached hydrogen (secondary N) is 1. The van der Waals surface area contributed by atoms with E-state index >= 15 is 0 Å². The molecule has 0 saturated heterocycles. The van der Waals surface area contributed by atoms with Gasteiger partial charge in [0, 0.05) is 23.1 Å². The van der Waals surface area contributed by atoms with Crippen molar-refractivity contribution in [3.8, 4) is 11.6 Å². The summed E-state index contributed by atoms with van der Waals surface area (Å²) in [5.41, 5.74) is 4.51. The topological polar surface area (TPSA) is 69.0 Å². The lowest BCUT2D eigenvalue weighted by molar-refractivity contribution is -0.116. The number of amides is 1. The molecule has 4 aromatic rings. The largest absolute Gasteiger partial charge is 0.478 e. The number of anilines is 1. The summed E-state index contributed by atoms with van der Waals surface area (Å²) in [5, 5.41) is 8.16. The first-order valence-corrected chi connectivity index (χ1v) is 11.1. The zero-order valence-corrected chi connectivity index (χ0v) is 19.6. The van der Waals surface area contributed by atoms with Crippen molar-refractivity contribution in [2.45, 2.75) is 40.5 Å². The van der Waals surface area contributed by atoms with Crippen LogP contribution in [0, 0.1) is 32.4 Å². The Labute approximate surface area is 196 Å². The highest BCUT2D eigenvalue weighted by Gasteiger charge is 2.21. The molecule has 0 spiro atoms. The predicted octanol–water partition coefficient (Wildman–Crippen LogP) is 5.59. The fourth-order valence-corrected chi connectivity index (χ4v) is 4.00. The molecule has 0 unspecified atom stereocenters. The summed E-state index contributed by atoms with van der Waals surface area (Å²) < 4.78 is 35.1. The van der Waals surface area contributed by atoms with Crippen LogP contribution in [0.2, 0.25) is 0 Å². The van der Waals surface area contributed by atoms with E-state index in [-0.39, 0.29) is 24.0 Å². The predicted molar refractivity (Wildman–Crippen MR) is 128 cm³/mol. The molecule has 2 aromatic heterocycles. The van der Waals surface area contributed by atoms with Crippen LogP contribution in [0.3, 0.4) is 0 Å². The smallest absolute Gasteiger partial charge is 0.224 e. The Bertz CT molecular complexity index is 1380. The molecule has 0 aliphatic carbocycles. The molecule has 34 heavy (non-hydrogen) atoms. The Hall–Kier alpha value is -3.81. The van der Waals surface area contributed by atoms with Gasteiger partial charge < -0.3 is 10.1 Å². The molecule has 1 N–H and O–H groups in total. The average molecular weight is 465 g/mol. The van der Waals surface area contributed by atoms with E-state index in [2.05, 4.69) is 10.4 Å². The second kappa shape index (κ2) is 9.59. The monoisotopic (exact) mass is 464 g/mol. The third-order valence-electron chi connectivity index (χ3n) is 5.72. The minimum absolute atomic E-state index is 0.167. The quantitative estimate of drug-likeness (QED) is 0.387. The Morgan fingerprint density at radius 1 is 1.12 bits per heavy atom. The Morgan fingerprint density at radius 2 is 1.91 bits per heavy atom. The summed E-state index contributed by atoms with van der Waals surface area (Å²) in [4.78, 5) is 17.3. The summed E-state index contributed by atoms with van der Waals surface area (Å²) in [6, 6.07) is 10.8. The normalized spacial score (nSPS) is 11.1. The molecule has 0 radical (unpaired) electrons. The van der Waals surface area contributed by atoms with Gasteiger partial charge in [0.15, 0.2) is 5.65 Å². The van der Waals surface area contributed by atoms with Crippen molar-refractivity contribution in [3.05, 3.63) is 76.5 Å². The molecular weight excluding hydrogens is 438 g/mol. The number of ether oxygens (including phenoxy) is 1. The van der Waals surface area contributed by atoms with Crippen LogP contribution in [0.15, 0.2) is 42.5 Å². The first-order chi connectivity index (χ1) is 16.3. The van der Waals surface area contributed by atoms with Gasteiger partial charge in [0.2, 0.25) is 11.8 Å². The molecule has 0 bridgehead atoms. The van der Waals surface area contributed by atoms with E-state index in [1.807, 2.05) is 20.8 Å². The van der Waals surface area contributed by atoms with Gasteiger partial charge in [0.1, 0.15) is 11.6 Å². The number of carbonyl (C=O) groups excluding carboxylic acids is 1. The van der Waals surface area contributed by atoms with Gasteiger partial charge in [-0.25, -0.2) is 13.5 Å². The maximum absolute atomic E-state index is 13.8. The lowest BCUT2D eigenvalue weighted by Gasteiger charge is -2.14. The number of fused-ring (bicyclic) bond motifs is 1. The van der Waals surface area contributed by atoms with E-state index in [1.54, 1.807) is 35.9 Å². The molecule has 8 heteroatoms. The van der Waals surface area contributed by atoms with E-state index in [0.29, 0.717) is 41.5 Å². The summed E-state index contributed by atoms with van der Waals surface area (Å²) in [7, 11) is 0. The molecule has 6 nitrogen and oxygen atoms in total. The summed E-state index contributed by atoms with van der Waals surface area (Å²) >= 11 is 0. The average Bonchev–Trinajstić information content (AvgIpc) is 3.12. The van der Waals surface area contributed by atoms with Crippen molar-refractivity contribution in [1.82, 2.24) is 14.8 Å². The van der Waals surface area contributed by atoms with Crippen molar-refractivity contribution in [3.63, 3.8) is 0 Å². The maximum atomic E-state index is 13.8. The molecule has 0 saturated carbocycles. The summed E-state index contributed by atoms with van der Waals surface area (Å²) in [6.45, 7) is 7.74. The number of aromatic nitrogens is 3. The fraction of sp³-hybridized carbons (Fsp3) is 0.269. The molecule has 0 fully saturated rings. The SMILES string of the molecule is CCOc1nc2c(c(C)nn2-c2cccc(F)c2)c(C)c1CCC(=O)Nc1ccc(C)c(F)c1. The van der Waals surface area contributed by atoms with Crippen molar-refractivity contribution in [2.75, 3.05) is 11.9 Å². The third kappa shape index (κ3) is 4.62. The van der Waals surface area contributed by atoms with Gasteiger partial charge in [-0.05, 0) is 75.6 Å². The van der Waals surface area contributed by atoms with Gasteiger partial charge in [-0.3, -0.25) is 4.79 Å². The van der Waals surface area contributed by atoms with Crippen LogP contribution in [0.5, 0.6) is 5.88 Å². The van der Waals surface area contributed by atoms with Gasteiger partial charge in [0.25, 0.3) is 0 Å². The van der Waals surface area contributed by atoms with Gasteiger partial charge in [-0.1, -0.05) is 12.1 Å². The van der Waals surface area contributed by atoms with Crippen LogP contribution in [0.1, 0.15) is 35.7 Å². The Kier molecular flexibility index (Phi) is 6.58. The second-order valence-corrected chi connectivity index (χ2v) is 8.14. The van der Waals surface area contributed by atoms with E-state index in [1.165, 1.54) is 18.2 Å². The minimum atomic E-state index is -0.368. The van der Waals surface area contributed by atoms with Crippen LogP contribution < -0.4 is 10.1 Å². The number of aryl methyl sites for hydroxylation is 3. The zero-order valence-electron chi connectivity index (χ0n) is 19.6. The summed E-state index contributed by atoms with van der Waals surface area (Å²) in [5.74, 6) is -0.555. The highest BCUT2D eigenvalue weighted by Crippen LogP contribution is 2.32. The first-order valence-electron chi connectivity index (χ1n) is 11.1. The number of benzene rings is 2. The molecular formula is C26H26F2N4O2. The van der Waals surface area contributed by atoms with Crippen LogP contribution in [0.25, 0.3) is 16.7 Å². The van der Waals surface area contributed by atoms with Gasteiger partial charge in [-0.15, -0.1) is 0 Å². The van der Waals surface area contributed by atoms with Gasteiger partial charge in [-0.2, -0.15) is 10.1 Å². The molecule has 0 aliphatic rings. The lowest BCUT2D eigenvalue weighted by Crippen LogP contribution is -2.14. The van der Waals surface area contributed by atoms with Crippen molar-refractivity contribution < 1.29 is 18.3 Å². The minimum Gasteiger partial charge on any atom is -0.478 e. The molecule has 1 amide bonds. The molecule has 2 aromatic carbocycles. The number of nitrogens with zero attached hydrogens (tertiary/aromatic N) is 3. The van der Waals surface area contributed by atoms with Crippen LogP contribution in [0.4, 0.5) is 14.5 Å². The van der Waals surface area contributed by atoms with E-state index in [0.717, 1.165) is 22.2 Å². The standard InChI is InChI=1S/C26H26F2N4O2/c1-5-34-26-21(11-12-23(33)29-19-10-9-15(2)22(28)14-19)16(3)24-17(4)31-32(25(24)30-26)20-8-6-7-18(27)13-20/h6-10,13-14H,5,11-12H2,1-4H3,(H,29,33). The zero-order chi connectivity index (χ0) is 24.4. The number of hydrogen-bond donors (Lipinski definition) is 1. The number of carbonyl (C=O) groups is 1. The third-order valence-corrected chi connectivity index (χ3v) is 5.72. The van der Waals surface area contributed by atoms with Crippen molar-refractivity contribution >= 4 is 22.6 Å². The van der Waals surface area contributed by atoms with E-state index in [4.69, 9.17) is 9.72 Å². The second-order valence-electron chi connectivity index (χ2n) is 8.14. The Morgan fingerprint density at radius 3 is 2.62 bits per heavy atom. The summed E-state index contributed by atoms with van der Waals surface area (Å²) in [6.07, 6.45) is 0.551. The first kappa shape index (κ1) is 23.4. The molecule has 0 atom stereocenters. The lowest BCUT2D eigenvalue weighted by atomic mass is 10.0. The van der Waals surface area contributed by atoms with E-state index < -0.39 is 0 Å². The van der Waals surface area contributed by atoms with Crippen LogP contribution >= 0.6 is 0 Å². The van der Waals surface area contributed by atoms with Crippen molar-refractivity contribution in [1.29, 1.82) is 0 Å². The number of rotatable bonds is 7. The molecule has 0 aliphatic heterocycles. The number of halogens is 2. The number of hydrogen-bond acceptors (Lipinski definition) is 4. The molecule has 2 heterocycles. The van der Waals surface area contributed by atoms with Crippen LogP contribution in [-0.4, -0.2) is 27.3 Å². The highest BCUT2D eigenvalue weighted by molar-refractivity contribution is 5.91. The number of pyridine rings is 1. The van der Waals surface area contributed by atoms with Crippen LogP contribution in [-0.2, 0) is 11.2 Å². The maximum Gasteiger partial charge on any atom is 0.224 e. The van der Waals surface area contributed by atoms with Gasteiger partial charge >= 0.3 is 0 Å². The van der Waals surface area contributed by atoms with Gasteiger partial charge in [0.05, 0.1) is 18.0 Å². The fourth-order valence-electron chi connectivity index (χ4n) is 4.00. The Balaban J connectivity index is 1.66. The van der Waals surface area contributed by atoms with E-state index in [9.17, 15) is 13.6 Å².